The van der Waals surface area contributed by atoms with Crippen LogP contribution < -0.4 is 0 Å². The Labute approximate surface area is 58.0 Å². The molecule has 0 aliphatic carbocycles. The highest BCUT2D eigenvalue weighted by Crippen LogP contribution is 1.95. The standard InChI is InChI=1S/C5H6ClNO2/c1-3-5(9)7(6)4(2)8/h3H,1H2,2H3. The first-order valence-electron chi connectivity index (χ1n) is 2.22. The molecule has 0 spiro atoms. The van der Waals surface area contributed by atoms with Crippen molar-refractivity contribution in [2.45, 2.75) is 6.92 Å². The lowest BCUT2D eigenvalue weighted by atomic mass is 10.5. The van der Waals surface area contributed by atoms with Crippen LogP contribution in [0.1, 0.15) is 6.92 Å². The van der Waals surface area contributed by atoms with E-state index < -0.39 is 11.8 Å². The molecule has 0 N–H and O–H groups in total. The Hall–Kier alpha value is -0.830. The summed E-state index contributed by atoms with van der Waals surface area (Å²) in [5, 5.41) is 0. The highest BCUT2D eigenvalue weighted by Gasteiger charge is 2.10. The normalized spacial score (nSPS) is 8.22. The van der Waals surface area contributed by atoms with Crippen molar-refractivity contribution in [3.63, 3.8) is 0 Å². The van der Waals surface area contributed by atoms with Gasteiger partial charge in [0.25, 0.3) is 5.91 Å². The molecule has 0 unspecified atom stereocenters. The molecule has 0 aliphatic heterocycles. The molecule has 3 nitrogen and oxygen atoms in total. The van der Waals surface area contributed by atoms with Crippen molar-refractivity contribution in [2.24, 2.45) is 0 Å². The van der Waals surface area contributed by atoms with Gasteiger partial charge >= 0.3 is 0 Å². The SMILES string of the molecule is C=CC(=O)N(Cl)C(C)=O. The summed E-state index contributed by atoms with van der Waals surface area (Å²) < 4.78 is 0.465. The van der Waals surface area contributed by atoms with Crippen molar-refractivity contribution >= 4 is 23.6 Å². The number of nitrogens with zero attached hydrogens (tertiary/aromatic N) is 1. The van der Waals surface area contributed by atoms with Crippen LogP contribution in [0.2, 0.25) is 0 Å². The summed E-state index contributed by atoms with van der Waals surface area (Å²) in [6, 6.07) is 0. The van der Waals surface area contributed by atoms with Crippen LogP contribution in [0.4, 0.5) is 0 Å². The Bertz CT molecular complexity index is 155. The summed E-state index contributed by atoms with van der Waals surface area (Å²) in [6.07, 6.45) is 0.967. The van der Waals surface area contributed by atoms with Crippen LogP contribution in [0.15, 0.2) is 12.7 Å². The van der Waals surface area contributed by atoms with Crippen LogP contribution in [0.25, 0.3) is 0 Å². The van der Waals surface area contributed by atoms with Crippen molar-refractivity contribution in [2.75, 3.05) is 0 Å². The third-order valence-corrected chi connectivity index (χ3v) is 1.05. The topological polar surface area (TPSA) is 37.4 Å². The number of rotatable bonds is 1. The molecule has 0 aromatic carbocycles. The van der Waals surface area contributed by atoms with E-state index in [-0.39, 0.29) is 0 Å². The Morgan fingerprint density at radius 2 is 2.11 bits per heavy atom. The molecule has 0 aromatic heterocycles. The molecule has 0 aromatic rings. The summed E-state index contributed by atoms with van der Waals surface area (Å²) in [5.74, 6) is -1.12. The van der Waals surface area contributed by atoms with E-state index in [9.17, 15) is 9.59 Å². The van der Waals surface area contributed by atoms with Gasteiger partial charge in [-0.25, -0.2) is 0 Å². The number of amides is 2. The van der Waals surface area contributed by atoms with Gasteiger partial charge in [0.15, 0.2) is 0 Å². The Morgan fingerprint density at radius 3 is 2.22 bits per heavy atom. The van der Waals surface area contributed by atoms with Crippen molar-refractivity contribution in [1.82, 2.24) is 4.42 Å². The first-order chi connectivity index (χ1) is 4.09. The second kappa shape index (κ2) is 3.25. The summed E-state index contributed by atoms with van der Waals surface area (Å²) in [4.78, 5) is 20.7. The lowest BCUT2D eigenvalue weighted by Gasteiger charge is -2.03. The molecule has 9 heavy (non-hydrogen) atoms. The zero-order chi connectivity index (χ0) is 7.44. The van der Waals surface area contributed by atoms with Gasteiger partial charge in [-0.05, 0) is 6.08 Å². The van der Waals surface area contributed by atoms with Crippen molar-refractivity contribution in [3.05, 3.63) is 12.7 Å². The van der Waals surface area contributed by atoms with Gasteiger partial charge in [-0.1, -0.05) is 6.58 Å². The lowest BCUT2D eigenvalue weighted by molar-refractivity contribution is -0.134. The van der Waals surface area contributed by atoms with E-state index in [0.29, 0.717) is 4.42 Å². The molecule has 0 rings (SSSR count). The first kappa shape index (κ1) is 8.17. The highest BCUT2D eigenvalue weighted by molar-refractivity contribution is 6.31. The fourth-order valence-corrected chi connectivity index (χ4v) is 0.304. The minimum Gasteiger partial charge on any atom is -0.273 e. The van der Waals surface area contributed by atoms with Gasteiger partial charge in [0.2, 0.25) is 5.91 Å². The molecule has 4 heteroatoms. The van der Waals surface area contributed by atoms with E-state index in [1.54, 1.807) is 0 Å². The van der Waals surface area contributed by atoms with Crippen LogP contribution in [0.3, 0.4) is 0 Å². The fourth-order valence-electron chi connectivity index (χ4n) is 0.235. The van der Waals surface area contributed by atoms with E-state index in [0.717, 1.165) is 6.08 Å². The van der Waals surface area contributed by atoms with Gasteiger partial charge < -0.3 is 0 Å². The minimum atomic E-state index is -0.607. The maximum Gasteiger partial charge on any atom is 0.267 e. The van der Waals surface area contributed by atoms with Crippen molar-refractivity contribution < 1.29 is 9.59 Å². The number of imide groups is 1. The molecule has 0 aliphatic rings. The second-order valence-electron chi connectivity index (χ2n) is 1.34. The Morgan fingerprint density at radius 1 is 1.67 bits per heavy atom. The summed E-state index contributed by atoms with van der Waals surface area (Å²) in [7, 11) is 0. The van der Waals surface area contributed by atoms with Gasteiger partial charge in [-0.15, -0.1) is 0 Å². The molecule has 0 fully saturated rings. The molecule has 0 atom stereocenters. The second-order valence-corrected chi connectivity index (χ2v) is 1.68. The van der Waals surface area contributed by atoms with Crippen LogP contribution in [0, 0.1) is 0 Å². The van der Waals surface area contributed by atoms with E-state index in [2.05, 4.69) is 6.58 Å². The van der Waals surface area contributed by atoms with E-state index in [4.69, 9.17) is 11.8 Å². The number of carbonyl (C=O) groups is 2. The number of halogens is 1. The zero-order valence-electron chi connectivity index (χ0n) is 4.93. The molecule has 0 heterocycles. The quantitative estimate of drug-likeness (QED) is 0.405. The zero-order valence-corrected chi connectivity index (χ0v) is 5.68. The third-order valence-electron chi connectivity index (χ3n) is 0.645. The summed E-state index contributed by atoms with van der Waals surface area (Å²) in [5.41, 5.74) is 0. The van der Waals surface area contributed by atoms with Gasteiger partial charge in [0.05, 0.1) is 0 Å². The molecule has 0 saturated heterocycles. The Kier molecular flexibility index (Phi) is 2.95. The number of hydrogen-bond donors (Lipinski definition) is 0. The highest BCUT2D eigenvalue weighted by atomic mass is 35.5. The van der Waals surface area contributed by atoms with Gasteiger partial charge in [0.1, 0.15) is 0 Å². The molecule has 0 saturated carbocycles. The minimum absolute atomic E-state index is 0.465. The maximum atomic E-state index is 10.4. The van der Waals surface area contributed by atoms with E-state index in [1.165, 1.54) is 6.92 Å². The molecular formula is C5H6ClNO2. The molecule has 0 radical (unpaired) electrons. The lowest BCUT2D eigenvalue weighted by Crippen LogP contribution is -2.23. The monoisotopic (exact) mass is 147 g/mol. The fraction of sp³-hybridized carbons (Fsp3) is 0.200. The van der Waals surface area contributed by atoms with Gasteiger partial charge in [-0.3, -0.25) is 9.59 Å². The van der Waals surface area contributed by atoms with Gasteiger partial charge in [-0.2, -0.15) is 4.42 Å². The number of carbonyl (C=O) groups excluding carboxylic acids is 2. The van der Waals surface area contributed by atoms with Crippen molar-refractivity contribution in [3.8, 4) is 0 Å². The summed E-state index contributed by atoms with van der Waals surface area (Å²) in [6.45, 7) is 4.33. The molecular weight excluding hydrogens is 142 g/mol. The predicted octanol–water partition coefficient (Wildman–Crippen LogP) is 0.701. The van der Waals surface area contributed by atoms with E-state index >= 15 is 0 Å². The van der Waals surface area contributed by atoms with Crippen LogP contribution in [0.5, 0.6) is 0 Å². The first-order valence-corrected chi connectivity index (χ1v) is 2.56. The Balaban J connectivity index is 4.03. The molecule has 0 bridgehead atoms. The predicted molar refractivity (Wildman–Crippen MR) is 33.6 cm³/mol. The average molecular weight is 148 g/mol. The number of hydrogen-bond acceptors (Lipinski definition) is 2. The third kappa shape index (κ3) is 2.28. The molecule has 2 amide bonds. The van der Waals surface area contributed by atoms with E-state index in [1.807, 2.05) is 0 Å². The van der Waals surface area contributed by atoms with Crippen LogP contribution >= 0.6 is 11.8 Å². The largest absolute Gasteiger partial charge is 0.273 e. The van der Waals surface area contributed by atoms with Crippen molar-refractivity contribution in [1.29, 1.82) is 0 Å². The smallest absolute Gasteiger partial charge is 0.267 e. The average Bonchev–Trinajstić information content (AvgIpc) is 1.84. The van der Waals surface area contributed by atoms with Crippen LogP contribution in [-0.2, 0) is 9.59 Å². The van der Waals surface area contributed by atoms with Gasteiger partial charge in [0, 0.05) is 18.7 Å². The summed E-state index contributed by atoms with van der Waals surface area (Å²) >= 11 is 5.13. The van der Waals surface area contributed by atoms with Crippen LogP contribution in [-0.4, -0.2) is 16.2 Å². The molecule has 50 valence electrons. The maximum absolute atomic E-state index is 10.4.